The molecule has 0 saturated heterocycles. The Labute approximate surface area is 127 Å². The molecular formula is C13H11F3N6O. The number of alkyl halides is 3. The Morgan fingerprint density at radius 2 is 2.09 bits per heavy atom. The second-order valence-corrected chi connectivity index (χ2v) is 4.74. The van der Waals surface area contributed by atoms with E-state index in [9.17, 15) is 18.0 Å². The van der Waals surface area contributed by atoms with Crippen LogP contribution in [0.2, 0.25) is 0 Å². The monoisotopic (exact) mass is 324 g/mol. The van der Waals surface area contributed by atoms with Crippen molar-refractivity contribution in [2.24, 2.45) is 0 Å². The molecule has 3 rings (SSSR count). The van der Waals surface area contributed by atoms with Crippen LogP contribution in [0.3, 0.4) is 0 Å². The highest BCUT2D eigenvalue weighted by Crippen LogP contribution is 2.25. The molecule has 23 heavy (non-hydrogen) atoms. The number of hydrogen-bond donors (Lipinski definition) is 2. The Morgan fingerprint density at radius 1 is 1.30 bits per heavy atom. The third-order valence-electron chi connectivity index (χ3n) is 3.08. The first kappa shape index (κ1) is 15.0. The maximum Gasteiger partial charge on any atom is 0.453 e. The van der Waals surface area contributed by atoms with E-state index in [1.165, 1.54) is 4.68 Å². The summed E-state index contributed by atoms with van der Waals surface area (Å²) in [5.41, 5.74) is 0.793. The van der Waals surface area contributed by atoms with Crippen LogP contribution in [0.15, 0.2) is 30.5 Å². The first-order chi connectivity index (χ1) is 10.9. The predicted octanol–water partition coefficient (Wildman–Crippen LogP) is 1.49. The molecule has 0 aliphatic heterocycles. The Hall–Kier alpha value is -2.91. The molecule has 0 aliphatic carbocycles. The minimum absolute atomic E-state index is 0.0478. The van der Waals surface area contributed by atoms with Gasteiger partial charge in [0.1, 0.15) is 12.4 Å². The van der Waals surface area contributed by atoms with Crippen molar-refractivity contribution >= 4 is 16.8 Å². The maximum atomic E-state index is 12.4. The standard InChI is InChI=1S/C13H11F3N6O/c14-13(15,16)12-19-10(20-21-12)6-17-11(23)7-22-9-4-2-1-3-8(9)5-18-22/h1-5H,6-7H2,(H,17,23)(H,19,20,21). The van der Waals surface area contributed by atoms with Gasteiger partial charge in [-0.3, -0.25) is 14.6 Å². The summed E-state index contributed by atoms with van der Waals surface area (Å²) in [5, 5.41) is 12.6. The number of rotatable bonds is 4. The Bertz CT molecular complexity index is 837. The second-order valence-electron chi connectivity index (χ2n) is 4.74. The number of carbonyl (C=O) groups is 1. The summed E-state index contributed by atoms with van der Waals surface area (Å²) in [6, 6.07) is 7.37. The topological polar surface area (TPSA) is 88.5 Å². The van der Waals surface area contributed by atoms with Gasteiger partial charge in [0.25, 0.3) is 5.82 Å². The summed E-state index contributed by atoms with van der Waals surface area (Å²) in [7, 11) is 0. The summed E-state index contributed by atoms with van der Waals surface area (Å²) >= 11 is 0. The number of para-hydroxylation sites is 1. The van der Waals surface area contributed by atoms with Gasteiger partial charge in [-0.25, -0.2) is 4.98 Å². The van der Waals surface area contributed by atoms with Crippen molar-refractivity contribution in [3.63, 3.8) is 0 Å². The van der Waals surface area contributed by atoms with E-state index in [2.05, 4.69) is 25.6 Å². The molecule has 0 saturated carbocycles. The number of fused-ring (bicyclic) bond motifs is 1. The van der Waals surface area contributed by atoms with Crippen molar-refractivity contribution in [1.29, 1.82) is 0 Å². The summed E-state index contributed by atoms with van der Waals surface area (Å²) in [4.78, 5) is 15.1. The molecule has 120 valence electrons. The van der Waals surface area contributed by atoms with Crippen LogP contribution in [0.4, 0.5) is 13.2 Å². The Kier molecular flexibility index (Phi) is 3.72. The van der Waals surface area contributed by atoms with E-state index in [4.69, 9.17) is 0 Å². The van der Waals surface area contributed by atoms with Gasteiger partial charge in [0.15, 0.2) is 0 Å². The van der Waals surface area contributed by atoms with Gasteiger partial charge in [-0.05, 0) is 6.07 Å². The summed E-state index contributed by atoms with van der Waals surface area (Å²) in [6.45, 7) is -0.227. The van der Waals surface area contributed by atoms with Crippen LogP contribution in [0.5, 0.6) is 0 Å². The van der Waals surface area contributed by atoms with E-state index >= 15 is 0 Å². The highest BCUT2D eigenvalue weighted by molar-refractivity contribution is 5.81. The lowest BCUT2D eigenvalue weighted by Gasteiger charge is -2.04. The third kappa shape index (κ3) is 3.30. The van der Waals surface area contributed by atoms with Gasteiger partial charge >= 0.3 is 6.18 Å². The lowest BCUT2D eigenvalue weighted by molar-refractivity contribution is -0.144. The molecule has 2 N–H and O–H groups in total. The number of halogens is 3. The Morgan fingerprint density at radius 3 is 2.83 bits per heavy atom. The van der Waals surface area contributed by atoms with Crippen molar-refractivity contribution in [1.82, 2.24) is 30.3 Å². The molecule has 2 aromatic heterocycles. The fraction of sp³-hybridized carbons (Fsp3) is 0.231. The molecule has 7 nitrogen and oxygen atoms in total. The van der Waals surface area contributed by atoms with Crippen LogP contribution in [-0.4, -0.2) is 30.9 Å². The van der Waals surface area contributed by atoms with E-state index < -0.39 is 17.9 Å². The van der Waals surface area contributed by atoms with Gasteiger partial charge in [-0.1, -0.05) is 18.2 Å². The van der Waals surface area contributed by atoms with Gasteiger partial charge in [0.2, 0.25) is 5.91 Å². The number of H-pyrrole nitrogens is 1. The minimum atomic E-state index is -4.62. The van der Waals surface area contributed by atoms with Crippen molar-refractivity contribution in [3.8, 4) is 0 Å². The van der Waals surface area contributed by atoms with Gasteiger partial charge in [-0.15, -0.1) is 5.10 Å². The smallest absolute Gasteiger partial charge is 0.347 e. The lowest BCUT2D eigenvalue weighted by Crippen LogP contribution is -2.28. The number of amides is 1. The molecule has 0 radical (unpaired) electrons. The van der Waals surface area contributed by atoms with E-state index in [-0.39, 0.29) is 18.9 Å². The van der Waals surface area contributed by atoms with Crippen molar-refractivity contribution in [2.45, 2.75) is 19.3 Å². The van der Waals surface area contributed by atoms with E-state index in [0.717, 1.165) is 10.9 Å². The largest absolute Gasteiger partial charge is 0.453 e. The molecule has 0 unspecified atom stereocenters. The normalized spacial score (nSPS) is 11.8. The molecule has 0 fully saturated rings. The predicted molar refractivity (Wildman–Crippen MR) is 73.0 cm³/mol. The lowest BCUT2D eigenvalue weighted by atomic mass is 10.2. The molecule has 0 spiro atoms. The van der Waals surface area contributed by atoms with Crippen LogP contribution in [-0.2, 0) is 24.1 Å². The van der Waals surface area contributed by atoms with E-state index in [0.29, 0.717) is 0 Å². The molecule has 1 amide bonds. The van der Waals surface area contributed by atoms with Crippen molar-refractivity contribution in [2.75, 3.05) is 0 Å². The zero-order valence-electron chi connectivity index (χ0n) is 11.6. The first-order valence-corrected chi connectivity index (χ1v) is 6.59. The fourth-order valence-corrected chi connectivity index (χ4v) is 2.03. The summed E-state index contributed by atoms with van der Waals surface area (Å²) < 4.78 is 38.6. The highest BCUT2D eigenvalue weighted by Gasteiger charge is 2.35. The molecule has 1 aromatic carbocycles. The second kappa shape index (κ2) is 5.71. The number of nitrogens with one attached hydrogen (secondary N) is 2. The van der Waals surface area contributed by atoms with Gasteiger partial charge in [0.05, 0.1) is 18.3 Å². The van der Waals surface area contributed by atoms with Crippen LogP contribution in [0.1, 0.15) is 11.6 Å². The SMILES string of the molecule is O=C(Cn1ncc2ccccc21)NCc1nc(C(F)(F)F)n[nH]1. The number of aromatic nitrogens is 5. The van der Waals surface area contributed by atoms with Gasteiger partial charge in [0, 0.05) is 5.39 Å². The number of carbonyl (C=O) groups excluding carboxylic acids is 1. The number of nitrogens with zero attached hydrogens (tertiary/aromatic N) is 4. The molecule has 2 heterocycles. The van der Waals surface area contributed by atoms with Crippen LogP contribution < -0.4 is 5.32 Å². The molecule has 0 bridgehead atoms. The maximum absolute atomic E-state index is 12.4. The average molecular weight is 324 g/mol. The fourth-order valence-electron chi connectivity index (χ4n) is 2.03. The highest BCUT2D eigenvalue weighted by atomic mass is 19.4. The summed E-state index contributed by atoms with van der Waals surface area (Å²) in [5.74, 6) is -1.74. The molecule has 3 aromatic rings. The van der Waals surface area contributed by atoms with E-state index in [1.54, 1.807) is 6.20 Å². The number of hydrogen-bond acceptors (Lipinski definition) is 4. The zero-order chi connectivity index (χ0) is 16.4. The third-order valence-corrected chi connectivity index (χ3v) is 3.08. The minimum Gasteiger partial charge on any atom is -0.347 e. The van der Waals surface area contributed by atoms with Gasteiger partial charge in [-0.2, -0.15) is 18.3 Å². The van der Waals surface area contributed by atoms with Crippen LogP contribution >= 0.6 is 0 Å². The van der Waals surface area contributed by atoms with Gasteiger partial charge < -0.3 is 5.32 Å². The molecule has 10 heteroatoms. The quantitative estimate of drug-likeness (QED) is 0.761. The zero-order valence-corrected chi connectivity index (χ0v) is 11.6. The Balaban J connectivity index is 1.61. The number of benzene rings is 1. The molecule has 0 atom stereocenters. The number of aromatic amines is 1. The average Bonchev–Trinajstić information content (AvgIpc) is 3.12. The van der Waals surface area contributed by atoms with Crippen LogP contribution in [0, 0.1) is 0 Å². The molecular weight excluding hydrogens is 313 g/mol. The van der Waals surface area contributed by atoms with E-state index in [1.807, 2.05) is 24.3 Å². The molecule has 0 aliphatic rings. The first-order valence-electron chi connectivity index (χ1n) is 6.59. The van der Waals surface area contributed by atoms with Crippen LogP contribution in [0.25, 0.3) is 10.9 Å². The van der Waals surface area contributed by atoms with Crippen molar-refractivity contribution < 1.29 is 18.0 Å². The summed E-state index contributed by atoms with van der Waals surface area (Å²) in [6.07, 6.45) is -2.98. The van der Waals surface area contributed by atoms with Crippen molar-refractivity contribution in [3.05, 3.63) is 42.1 Å².